The predicted octanol–water partition coefficient (Wildman–Crippen LogP) is 2.95. The highest BCUT2D eigenvalue weighted by atomic mass is 16.5. The maximum Gasteiger partial charge on any atom is 0.163 e. The van der Waals surface area contributed by atoms with Crippen LogP contribution in [0.5, 0.6) is 11.5 Å². The fourth-order valence-electron chi connectivity index (χ4n) is 2.13. The summed E-state index contributed by atoms with van der Waals surface area (Å²) < 4.78 is 10.6. The predicted molar refractivity (Wildman–Crippen MR) is 77.2 cm³/mol. The number of ether oxygens (including phenoxy) is 2. The molecule has 0 spiro atoms. The minimum absolute atomic E-state index is 0.662. The topological polar surface area (TPSA) is 60.0 Å². The van der Waals surface area contributed by atoms with Crippen LogP contribution in [0.25, 0.3) is 22.6 Å². The Morgan fingerprint density at radius 1 is 1.00 bits per heavy atom. The maximum absolute atomic E-state index is 5.29. The summed E-state index contributed by atoms with van der Waals surface area (Å²) in [5.74, 6) is 2.07. The highest BCUT2D eigenvalue weighted by Crippen LogP contribution is 2.32. The van der Waals surface area contributed by atoms with Gasteiger partial charge in [0.25, 0.3) is 0 Å². The minimum atomic E-state index is 0.662. The second-order valence-electron chi connectivity index (χ2n) is 4.47. The normalized spacial score (nSPS) is 10.8. The number of fused-ring (bicyclic) bond motifs is 1. The molecule has 1 N–H and O–H groups in total. The van der Waals surface area contributed by atoms with Gasteiger partial charge in [0.2, 0.25) is 0 Å². The monoisotopic (exact) mass is 269 g/mol. The van der Waals surface area contributed by atoms with Gasteiger partial charge in [-0.25, -0.2) is 9.97 Å². The first-order valence-electron chi connectivity index (χ1n) is 6.27. The van der Waals surface area contributed by atoms with Crippen molar-refractivity contribution in [2.75, 3.05) is 14.2 Å². The van der Waals surface area contributed by atoms with Gasteiger partial charge in [0, 0.05) is 17.8 Å². The lowest BCUT2D eigenvalue weighted by Gasteiger charge is -2.06. The zero-order valence-corrected chi connectivity index (χ0v) is 11.6. The Kier molecular flexibility index (Phi) is 3.02. The van der Waals surface area contributed by atoms with Crippen LogP contribution in [0, 0.1) is 6.92 Å². The summed E-state index contributed by atoms with van der Waals surface area (Å²) in [7, 11) is 3.22. The molecule has 3 rings (SSSR count). The van der Waals surface area contributed by atoms with Crippen LogP contribution < -0.4 is 9.47 Å². The molecular weight excluding hydrogens is 254 g/mol. The van der Waals surface area contributed by atoms with E-state index in [1.807, 2.05) is 37.3 Å². The number of hydrogen-bond acceptors (Lipinski definition) is 4. The van der Waals surface area contributed by atoms with E-state index in [1.165, 1.54) is 0 Å². The molecule has 0 aliphatic rings. The highest BCUT2D eigenvalue weighted by Gasteiger charge is 2.11. The second-order valence-corrected chi connectivity index (χ2v) is 4.47. The zero-order chi connectivity index (χ0) is 14.1. The van der Waals surface area contributed by atoms with Crippen LogP contribution in [0.3, 0.4) is 0 Å². The van der Waals surface area contributed by atoms with Gasteiger partial charge in [0.1, 0.15) is 5.69 Å². The molecule has 2 heterocycles. The van der Waals surface area contributed by atoms with E-state index in [2.05, 4.69) is 15.0 Å². The van der Waals surface area contributed by atoms with Crippen LogP contribution in [-0.4, -0.2) is 29.2 Å². The van der Waals surface area contributed by atoms with Gasteiger partial charge in [0.05, 0.1) is 25.3 Å². The van der Waals surface area contributed by atoms with Crippen LogP contribution in [0.2, 0.25) is 0 Å². The van der Waals surface area contributed by atoms with Crippen LogP contribution in [0.15, 0.2) is 30.3 Å². The van der Waals surface area contributed by atoms with Crippen molar-refractivity contribution in [1.29, 1.82) is 0 Å². The van der Waals surface area contributed by atoms with Gasteiger partial charge >= 0.3 is 0 Å². The van der Waals surface area contributed by atoms with Crippen molar-refractivity contribution in [3.8, 4) is 23.0 Å². The fraction of sp³-hybridized carbons (Fsp3) is 0.200. The average molecular weight is 269 g/mol. The third kappa shape index (κ3) is 2.07. The highest BCUT2D eigenvalue weighted by molar-refractivity contribution is 5.82. The van der Waals surface area contributed by atoms with E-state index in [4.69, 9.17) is 9.47 Å². The summed E-state index contributed by atoms with van der Waals surface area (Å²) in [6.45, 7) is 1.96. The van der Waals surface area contributed by atoms with E-state index in [0.29, 0.717) is 11.5 Å². The Morgan fingerprint density at radius 2 is 1.75 bits per heavy atom. The standard InChI is InChI=1S/C15H15N3O2/c1-9-5-4-6-10(16-9)15-17-11-7-13(19-2)14(20-3)8-12(11)18-15/h4-8H,1-3H3,(H,17,18). The molecule has 0 bridgehead atoms. The summed E-state index contributed by atoms with van der Waals surface area (Å²) in [5, 5.41) is 0. The number of nitrogens with zero attached hydrogens (tertiary/aromatic N) is 2. The lowest BCUT2D eigenvalue weighted by atomic mass is 10.3. The molecule has 0 fully saturated rings. The van der Waals surface area contributed by atoms with E-state index in [0.717, 1.165) is 28.2 Å². The molecule has 20 heavy (non-hydrogen) atoms. The zero-order valence-electron chi connectivity index (χ0n) is 11.6. The molecule has 0 atom stereocenters. The van der Waals surface area contributed by atoms with Gasteiger partial charge in [-0.2, -0.15) is 0 Å². The summed E-state index contributed by atoms with van der Waals surface area (Å²) in [6, 6.07) is 9.58. The quantitative estimate of drug-likeness (QED) is 0.794. The fourth-order valence-corrected chi connectivity index (χ4v) is 2.13. The molecule has 3 aromatic rings. The Balaban J connectivity index is 2.15. The molecular formula is C15H15N3O2. The molecule has 2 aromatic heterocycles. The Bertz CT molecular complexity index is 724. The van der Waals surface area contributed by atoms with Crippen molar-refractivity contribution in [3.63, 3.8) is 0 Å². The van der Waals surface area contributed by atoms with Crippen LogP contribution in [0.1, 0.15) is 5.69 Å². The summed E-state index contributed by atoms with van der Waals surface area (Å²) in [5.41, 5.74) is 3.49. The summed E-state index contributed by atoms with van der Waals surface area (Å²) in [4.78, 5) is 12.3. The smallest absolute Gasteiger partial charge is 0.163 e. The number of imidazole rings is 1. The first kappa shape index (κ1) is 12.5. The number of pyridine rings is 1. The molecule has 0 radical (unpaired) electrons. The van der Waals surface area contributed by atoms with Gasteiger partial charge in [-0.15, -0.1) is 0 Å². The molecule has 0 aliphatic heterocycles. The molecule has 0 saturated heterocycles. The third-order valence-corrected chi connectivity index (χ3v) is 3.12. The number of rotatable bonds is 3. The van der Waals surface area contributed by atoms with E-state index >= 15 is 0 Å². The number of nitrogens with one attached hydrogen (secondary N) is 1. The first-order valence-corrected chi connectivity index (χ1v) is 6.27. The van der Waals surface area contributed by atoms with Crippen LogP contribution in [-0.2, 0) is 0 Å². The van der Waals surface area contributed by atoms with E-state index in [-0.39, 0.29) is 0 Å². The second kappa shape index (κ2) is 4.85. The van der Waals surface area contributed by atoms with Crippen molar-refractivity contribution >= 4 is 11.0 Å². The number of hydrogen-bond donors (Lipinski definition) is 1. The largest absolute Gasteiger partial charge is 0.493 e. The number of methoxy groups -OCH3 is 2. The summed E-state index contributed by atoms with van der Waals surface area (Å²) in [6.07, 6.45) is 0. The molecule has 5 heteroatoms. The number of benzene rings is 1. The average Bonchev–Trinajstić information content (AvgIpc) is 2.88. The van der Waals surface area contributed by atoms with E-state index in [1.54, 1.807) is 14.2 Å². The Labute approximate surface area is 116 Å². The lowest BCUT2D eigenvalue weighted by Crippen LogP contribution is -1.89. The van der Waals surface area contributed by atoms with E-state index < -0.39 is 0 Å². The minimum Gasteiger partial charge on any atom is -0.493 e. The van der Waals surface area contributed by atoms with Gasteiger partial charge in [-0.1, -0.05) is 6.07 Å². The van der Waals surface area contributed by atoms with Crippen molar-refractivity contribution < 1.29 is 9.47 Å². The van der Waals surface area contributed by atoms with E-state index in [9.17, 15) is 0 Å². The number of aromatic amines is 1. The van der Waals surface area contributed by atoms with Crippen molar-refractivity contribution in [3.05, 3.63) is 36.0 Å². The maximum atomic E-state index is 5.29. The molecule has 102 valence electrons. The summed E-state index contributed by atoms with van der Waals surface area (Å²) >= 11 is 0. The SMILES string of the molecule is COc1cc2nc(-c3cccc(C)n3)[nH]c2cc1OC. The molecule has 5 nitrogen and oxygen atoms in total. The van der Waals surface area contributed by atoms with Gasteiger partial charge in [0.15, 0.2) is 17.3 Å². The van der Waals surface area contributed by atoms with Gasteiger partial charge in [-0.05, 0) is 19.1 Å². The molecule has 0 saturated carbocycles. The Hall–Kier alpha value is -2.56. The molecule has 1 aromatic carbocycles. The Morgan fingerprint density at radius 3 is 2.45 bits per heavy atom. The molecule has 0 amide bonds. The first-order chi connectivity index (χ1) is 9.71. The number of H-pyrrole nitrogens is 1. The van der Waals surface area contributed by atoms with Crippen LogP contribution in [0.4, 0.5) is 0 Å². The van der Waals surface area contributed by atoms with Crippen molar-refractivity contribution in [2.45, 2.75) is 6.92 Å². The van der Waals surface area contributed by atoms with Crippen molar-refractivity contribution in [2.24, 2.45) is 0 Å². The van der Waals surface area contributed by atoms with Gasteiger partial charge < -0.3 is 14.5 Å². The van der Waals surface area contributed by atoms with Gasteiger partial charge in [-0.3, -0.25) is 0 Å². The number of aromatic nitrogens is 3. The van der Waals surface area contributed by atoms with Crippen LogP contribution >= 0.6 is 0 Å². The number of aryl methyl sites for hydroxylation is 1. The molecule has 0 unspecified atom stereocenters. The lowest BCUT2D eigenvalue weighted by molar-refractivity contribution is 0.356. The van der Waals surface area contributed by atoms with Crippen molar-refractivity contribution in [1.82, 2.24) is 15.0 Å². The third-order valence-electron chi connectivity index (χ3n) is 3.12. The molecule has 0 aliphatic carbocycles.